The summed E-state index contributed by atoms with van der Waals surface area (Å²) in [5, 5.41) is 13.2. The molecule has 19 heavy (non-hydrogen) atoms. The van der Waals surface area contributed by atoms with E-state index in [1.54, 1.807) is 17.5 Å². The Balaban J connectivity index is 2.39. The average Bonchev–Trinajstić information content (AvgIpc) is 2.84. The van der Waals surface area contributed by atoms with Crippen LogP contribution in [0.4, 0.5) is 0 Å². The molecule has 3 N–H and O–H groups in total. The van der Waals surface area contributed by atoms with Crippen molar-refractivity contribution in [2.75, 3.05) is 19.3 Å². The van der Waals surface area contributed by atoms with Gasteiger partial charge < -0.3 is 10.4 Å². The number of aliphatic hydroxyl groups is 1. The molecule has 0 atom stereocenters. The molecule has 6 nitrogen and oxygen atoms in total. The summed E-state index contributed by atoms with van der Waals surface area (Å²) in [5.41, 5.74) is 0.796. The zero-order chi connectivity index (χ0) is 14.3. The summed E-state index contributed by atoms with van der Waals surface area (Å²) in [5.74, 6) is -0.512. The third-order valence-electron chi connectivity index (χ3n) is 2.24. The van der Waals surface area contributed by atoms with Gasteiger partial charge in [-0.25, -0.2) is 13.1 Å². The first kappa shape index (κ1) is 15.8. The summed E-state index contributed by atoms with van der Waals surface area (Å²) in [6.07, 6.45) is 2.95. The summed E-state index contributed by atoms with van der Waals surface area (Å²) in [7, 11) is -1.97. The lowest BCUT2D eigenvalue weighted by atomic mass is 10.3. The third kappa shape index (κ3) is 5.97. The molecule has 1 aromatic heterocycles. The number of carbonyl (C=O) groups excluding carboxylic acids is 1. The molecule has 0 unspecified atom stereocenters. The third-order valence-corrected chi connectivity index (χ3v) is 4.55. The molecule has 106 valence electrons. The van der Waals surface area contributed by atoms with Gasteiger partial charge in [-0.05, 0) is 30.1 Å². The van der Waals surface area contributed by atoms with E-state index in [1.807, 2.05) is 0 Å². The quantitative estimate of drug-likeness (QED) is 0.614. The highest BCUT2D eigenvalue weighted by Crippen LogP contribution is 2.15. The lowest BCUT2D eigenvalue weighted by Crippen LogP contribution is -2.32. The van der Waals surface area contributed by atoms with Crippen molar-refractivity contribution in [1.29, 1.82) is 0 Å². The number of sulfonamides is 1. The number of hydrogen-bond acceptors (Lipinski definition) is 5. The topological polar surface area (TPSA) is 95.5 Å². The summed E-state index contributed by atoms with van der Waals surface area (Å²) < 4.78 is 24.4. The highest BCUT2D eigenvalue weighted by molar-refractivity contribution is 7.89. The van der Waals surface area contributed by atoms with E-state index in [-0.39, 0.29) is 24.8 Å². The van der Waals surface area contributed by atoms with E-state index >= 15 is 0 Å². The molecule has 1 amide bonds. The van der Waals surface area contributed by atoms with E-state index in [4.69, 9.17) is 5.11 Å². The first-order valence-electron chi connectivity index (χ1n) is 5.52. The van der Waals surface area contributed by atoms with Gasteiger partial charge in [0.15, 0.2) is 0 Å². The van der Waals surface area contributed by atoms with Crippen LogP contribution in [0.15, 0.2) is 17.5 Å². The highest BCUT2D eigenvalue weighted by atomic mass is 32.2. The van der Waals surface area contributed by atoms with Gasteiger partial charge >= 0.3 is 0 Å². The molecule has 0 aliphatic carbocycles. The normalized spacial score (nSPS) is 11.9. The Bertz CT molecular complexity index is 549. The Labute approximate surface area is 116 Å². The van der Waals surface area contributed by atoms with E-state index < -0.39 is 10.0 Å². The molecule has 0 fully saturated rings. The maximum atomic E-state index is 11.4. The van der Waals surface area contributed by atoms with Crippen molar-refractivity contribution in [3.63, 3.8) is 0 Å². The number of thiophene rings is 1. The van der Waals surface area contributed by atoms with Crippen LogP contribution < -0.4 is 10.0 Å². The second-order valence-electron chi connectivity index (χ2n) is 3.66. The average molecular weight is 304 g/mol. The van der Waals surface area contributed by atoms with Crippen molar-refractivity contribution in [2.24, 2.45) is 0 Å². The van der Waals surface area contributed by atoms with Crippen molar-refractivity contribution >= 4 is 33.3 Å². The number of aliphatic hydroxyl groups excluding tert-OH is 1. The summed E-state index contributed by atoms with van der Waals surface area (Å²) in [6.45, 7) is 0.0249. The largest absolute Gasteiger partial charge is 0.392 e. The number of amides is 1. The van der Waals surface area contributed by atoms with Crippen LogP contribution in [-0.2, 0) is 21.4 Å². The van der Waals surface area contributed by atoms with Crippen molar-refractivity contribution in [3.05, 3.63) is 28.0 Å². The standard InChI is InChI=1S/C11H16N2O4S2/c1-12-19(16,17)5-4-13-11(15)3-2-10-6-9(7-14)8-18-10/h2-3,6,8,12,14H,4-5,7H2,1H3,(H,13,15). The monoisotopic (exact) mass is 304 g/mol. The number of hydrogen-bond donors (Lipinski definition) is 3. The number of rotatable bonds is 7. The molecule has 8 heteroatoms. The van der Waals surface area contributed by atoms with Gasteiger partial charge in [-0.1, -0.05) is 0 Å². The SMILES string of the molecule is CNS(=O)(=O)CCNC(=O)C=Cc1cc(CO)cs1. The van der Waals surface area contributed by atoms with Gasteiger partial charge in [0, 0.05) is 17.5 Å². The Kier molecular flexibility index (Phi) is 6.16. The maximum absolute atomic E-state index is 11.4. The van der Waals surface area contributed by atoms with Crippen molar-refractivity contribution < 1.29 is 18.3 Å². The maximum Gasteiger partial charge on any atom is 0.244 e. The Morgan fingerprint density at radius 1 is 1.53 bits per heavy atom. The molecule has 0 radical (unpaired) electrons. The zero-order valence-electron chi connectivity index (χ0n) is 10.4. The molecule has 1 heterocycles. The molecule has 1 aromatic rings. The molecule has 0 spiro atoms. The molecular weight excluding hydrogens is 288 g/mol. The molecule has 0 saturated carbocycles. The van der Waals surface area contributed by atoms with Crippen LogP contribution in [0, 0.1) is 0 Å². The van der Waals surface area contributed by atoms with E-state index in [0.717, 1.165) is 10.4 Å². The van der Waals surface area contributed by atoms with Crippen LogP contribution in [0.5, 0.6) is 0 Å². The smallest absolute Gasteiger partial charge is 0.244 e. The number of nitrogens with one attached hydrogen (secondary N) is 2. The molecule has 0 aliphatic heterocycles. The molecular formula is C11H16N2O4S2. The summed E-state index contributed by atoms with van der Waals surface area (Å²) in [4.78, 5) is 12.3. The molecule has 1 rings (SSSR count). The van der Waals surface area contributed by atoms with Gasteiger partial charge in [-0.3, -0.25) is 4.79 Å². The van der Waals surface area contributed by atoms with E-state index in [0.29, 0.717) is 0 Å². The van der Waals surface area contributed by atoms with Gasteiger partial charge in [-0.15, -0.1) is 11.3 Å². The van der Waals surface area contributed by atoms with E-state index in [2.05, 4.69) is 10.0 Å². The van der Waals surface area contributed by atoms with Crippen LogP contribution in [0.2, 0.25) is 0 Å². The van der Waals surface area contributed by atoms with Gasteiger partial charge in [0.1, 0.15) is 0 Å². The van der Waals surface area contributed by atoms with Gasteiger partial charge in [0.2, 0.25) is 15.9 Å². The predicted molar refractivity (Wildman–Crippen MR) is 75.1 cm³/mol. The minimum absolute atomic E-state index is 0.0294. The summed E-state index contributed by atoms with van der Waals surface area (Å²) >= 11 is 1.42. The molecule has 0 aromatic carbocycles. The Morgan fingerprint density at radius 2 is 2.26 bits per heavy atom. The van der Waals surface area contributed by atoms with Crippen LogP contribution in [0.25, 0.3) is 6.08 Å². The van der Waals surface area contributed by atoms with Crippen LogP contribution in [0.3, 0.4) is 0 Å². The van der Waals surface area contributed by atoms with Crippen LogP contribution in [0.1, 0.15) is 10.4 Å². The lowest BCUT2D eigenvalue weighted by molar-refractivity contribution is -0.116. The van der Waals surface area contributed by atoms with Gasteiger partial charge in [-0.2, -0.15) is 0 Å². The lowest BCUT2D eigenvalue weighted by Gasteiger charge is -2.02. The minimum atomic E-state index is -3.30. The van der Waals surface area contributed by atoms with Crippen molar-refractivity contribution in [1.82, 2.24) is 10.0 Å². The Hall–Kier alpha value is -1.22. The predicted octanol–water partition coefficient (Wildman–Crippen LogP) is -0.0810. The van der Waals surface area contributed by atoms with Crippen molar-refractivity contribution in [3.8, 4) is 0 Å². The minimum Gasteiger partial charge on any atom is -0.392 e. The summed E-state index contributed by atoms with van der Waals surface area (Å²) in [6, 6.07) is 1.78. The first-order valence-corrected chi connectivity index (χ1v) is 8.05. The van der Waals surface area contributed by atoms with Crippen LogP contribution >= 0.6 is 11.3 Å². The van der Waals surface area contributed by atoms with E-state index in [9.17, 15) is 13.2 Å². The molecule has 0 aliphatic rings. The van der Waals surface area contributed by atoms with Crippen molar-refractivity contribution in [2.45, 2.75) is 6.61 Å². The second kappa shape index (κ2) is 7.39. The fraction of sp³-hybridized carbons (Fsp3) is 0.364. The van der Waals surface area contributed by atoms with Crippen LogP contribution in [-0.4, -0.2) is 38.8 Å². The molecule has 0 bridgehead atoms. The zero-order valence-corrected chi connectivity index (χ0v) is 12.1. The van der Waals surface area contributed by atoms with E-state index in [1.165, 1.54) is 24.5 Å². The fourth-order valence-corrected chi connectivity index (χ4v) is 2.56. The fourth-order valence-electron chi connectivity index (χ4n) is 1.19. The Morgan fingerprint density at radius 3 is 2.84 bits per heavy atom. The molecule has 0 saturated heterocycles. The second-order valence-corrected chi connectivity index (χ2v) is 6.65. The van der Waals surface area contributed by atoms with Gasteiger partial charge in [0.05, 0.1) is 12.4 Å². The van der Waals surface area contributed by atoms with Gasteiger partial charge in [0.25, 0.3) is 0 Å². The first-order chi connectivity index (χ1) is 8.96. The number of carbonyl (C=O) groups is 1. The highest BCUT2D eigenvalue weighted by Gasteiger charge is 2.06.